The fourth-order valence-electron chi connectivity index (χ4n) is 2.56. The van der Waals surface area contributed by atoms with Crippen LogP contribution < -0.4 is 15.7 Å². The summed E-state index contributed by atoms with van der Waals surface area (Å²) in [6.07, 6.45) is -0.841. The summed E-state index contributed by atoms with van der Waals surface area (Å²) in [5.41, 5.74) is 0.131. The van der Waals surface area contributed by atoms with Crippen LogP contribution in [0.1, 0.15) is 13.2 Å². The number of nitrogens with zero attached hydrogens (tertiary/aromatic N) is 2. The van der Waals surface area contributed by atoms with Crippen molar-refractivity contribution in [3.05, 3.63) is 40.9 Å². The topological polar surface area (TPSA) is 115 Å². The standard InChI is InChI=1S/C17H21N3O6/c1-10(24-2)16(25-11(8-21)9-22)20-7-14-15(19-17(20)23)18-12-5-3-4-6-13(12)26-14/h3-7,10-11,16,21-22H,8-9H2,1-2H3,(H,18,19,23)/t10-,16+/m0/s1. The van der Waals surface area contributed by atoms with E-state index in [9.17, 15) is 15.0 Å². The average molecular weight is 363 g/mol. The number of benzene rings is 1. The Morgan fingerprint density at radius 2 is 2.00 bits per heavy atom. The van der Waals surface area contributed by atoms with Crippen LogP contribution in [0, 0.1) is 0 Å². The summed E-state index contributed by atoms with van der Waals surface area (Å²) < 4.78 is 18.0. The molecular formula is C17H21N3O6. The number of methoxy groups -OCH3 is 1. The van der Waals surface area contributed by atoms with Crippen molar-refractivity contribution in [2.24, 2.45) is 0 Å². The van der Waals surface area contributed by atoms with Crippen molar-refractivity contribution in [1.29, 1.82) is 0 Å². The highest BCUT2D eigenvalue weighted by molar-refractivity contribution is 5.72. The van der Waals surface area contributed by atoms with E-state index in [0.29, 0.717) is 23.0 Å². The van der Waals surface area contributed by atoms with E-state index in [1.807, 2.05) is 18.2 Å². The Morgan fingerprint density at radius 1 is 1.27 bits per heavy atom. The number of para-hydroxylation sites is 2. The maximum absolute atomic E-state index is 12.5. The van der Waals surface area contributed by atoms with Gasteiger partial charge in [-0.25, -0.2) is 4.79 Å². The van der Waals surface area contributed by atoms with Gasteiger partial charge in [-0.3, -0.25) is 4.57 Å². The van der Waals surface area contributed by atoms with Gasteiger partial charge in [0.25, 0.3) is 0 Å². The first-order valence-electron chi connectivity index (χ1n) is 8.14. The van der Waals surface area contributed by atoms with Crippen molar-refractivity contribution in [3.8, 4) is 11.5 Å². The van der Waals surface area contributed by atoms with Crippen LogP contribution in [0.2, 0.25) is 0 Å². The molecule has 1 aromatic carbocycles. The Bertz CT molecular complexity index is 820. The number of aliphatic hydroxyl groups excluding tert-OH is 2. The lowest BCUT2D eigenvalue weighted by atomic mass is 10.2. The molecule has 0 amide bonds. The second kappa shape index (κ2) is 7.83. The Kier molecular flexibility index (Phi) is 5.52. The van der Waals surface area contributed by atoms with Gasteiger partial charge in [0.15, 0.2) is 23.5 Å². The highest BCUT2D eigenvalue weighted by atomic mass is 16.6. The summed E-state index contributed by atoms with van der Waals surface area (Å²) in [5.74, 6) is 1.26. The predicted molar refractivity (Wildman–Crippen MR) is 92.8 cm³/mol. The van der Waals surface area contributed by atoms with Crippen LogP contribution in [0.5, 0.6) is 11.5 Å². The fourth-order valence-corrected chi connectivity index (χ4v) is 2.56. The van der Waals surface area contributed by atoms with Crippen LogP contribution >= 0.6 is 0 Å². The van der Waals surface area contributed by atoms with Gasteiger partial charge in [-0.2, -0.15) is 4.98 Å². The number of ether oxygens (including phenoxy) is 3. The first-order valence-corrected chi connectivity index (χ1v) is 8.14. The Hall–Kier alpha value is -2.46. The molecule has 2 aromatic rings. The van der Waals surface area contributed by atoms with Crippen LogP contribution in [-0.2, 0) is 9.47 Å². The molecule has 0 saturated heterocycles. The van der Waals surface area contributed by atoms with Crippen molar-refractivity contribution in [2.75, 3.05) is 25.6 Å². The van der Waals surface area contributed by atoms with E-state index >= 15 is 0 Å². The molecule has 9 nitrogen and oxygen atoms in total. The second-order valence-electron chi connectivity index (χ2n) is 5.82. The third-order valence-electron chi connectivity index (χ3n) is 4.06. The summed E-state index contributed by atoms with van der Waals surface area (Å²) in [6.45, 7) is 0.904. The van der Waals surface area contributed by atoms with Gasteiger partial charge in [0, 0.05) is 7.11 Å². The Balaban J connectivity index is 1.98. The van der Waals surface area contributed by atoms with Crippen molar-refractivity contribution < 1.29 is 24.4 Å². The SMILES string of the molecule is CO[C@@H](C)[C@@H](OC(CO)CO)n1cc2c(nc1=O)Nc1ccccc1O2. The molecule has 1 aliphatic rings. The van der Waals surface area contributed by atoms with Crippen LogP contribution in [-0.4, -0.2) is 52.3 Å². The maximum atomic E-state index is 12.5. The van der Waals surface area contributed by atoms with E-state index < -0.39 is 37.3 Å². The van der Waals surface area contributed by atoms with Gasteiger partial charge >= 0.3 is 5.69 Å². The highest BCUT2D eigenvalue weighted by Crippen LogP contribution is 2.39. The molecule has 0 bridgehead atoms. The summed E-state index contributed by atoms with van der Waals surface area (Å²) >= 11 is 0. The molecule has 9 heteroatoms. The fraction of sp³-hybridized carbons (Fsp3) is 0.412. The molecule has 2 heterocycles. The van der Waals surface area contributed by atoms with Gasteiger partial charge in [-0.05, 0) is 19.1 Å². The zero-order chi connectivity index (χ0) is 18.7. The van der Waals surface area contributed by atoms with Crippen molar-refractivity contribution in [2.45, 2.75) is 25.4 Å². The quantitative estimate of drug-likeness (QED) is 0.569. The summed E-state index contributed by atoms with van der Waals surface area (Å²) in [5, 5.41) is 21.6. The predicted octanol–water partition coefficient (Wildman–Crippen LogP) is 0.996. The zero-order valence-corrected chi connectivity index (χ0v) is 14.5. The van der Waals surface area contributed by atoms with Crippen molar-refractivity contribution in [1.82, 2.24) is 9.55 Å². The molecule has 2 atom stereocenters. The number of aromatic nitrogens is 2. The lowest BCUT2D eigenvalue weighted by molar-refractivity contribution is -0.145. The van der Waals surface area contributed by atoms with Gasteiger partial charge in [0.05, 0.1) is 31.2 Å². The first kappa shape index (κ1) is 18.3. The van der Waals surface area contributed by atoms with Crippen LogP contribution in [0.4, 0.5) is 11.5 Å². The lowest BCUT2D eigenvalue weighted by Gasteiger charge is -2.29. The number of anilines is 2. The largest absolute Gasteiger partial charge is 0.450 e. The molecule has 0 spiro atoms. The number of aliphatic hydroxyl groups is 2. The summed E-state index contributed by atoms with van der Waals surface area (Å²) in [4.78, 5) is 16.5. The molecule has 1 aromatic heterocycles. The van der Waals surface area contributed by atoms with E-state index in [1.165, 1.54) is 17.9 Å². The third-order valence-corrected chi connectivity index (χ3v) is 4.06. The summed E-state index contributed by atoms with van der Waals surface area (Å²) in [6, 6.07) is 7.29. The molecular weight excluding hydrogens is 342 g/mol. The molecule has 3 rings (SSSR count). The minimum Gasteiger partial charge on any atom is -0.450 e. The number of nitrogens with one attached hydrogen (secondary N) is 1. The monoisotopic (exact) mass is 363 g/mol. The van der Waals surface area contributed by atoms with Gasteiger partial charge in [-0.15, -0.1) is 0 Å². The van der Waals surface area contributed by atoms with Crippen molar-refractivity contribution in [3.63, 3.8) is 0 Å². The molecule has 0 saturated carbocycles. The Labute approximate surface area is 149 Å². The van der Waals surface area contributed by atoms with E-state index in [2.05, 4.69) is 10.3 Å². The Morgan fingerprint density at radius 3 is 2.69 bits per heavy atom. The van der Waals surface area contributed by atoms with E-state index in [0.717, 1.165) is 0 Å². The smallest absolute Gasteiger partial charge is 0.351 e. The van der Waals surface area contributed by atoms with Crippen LogP contribution in [0.25, 0.3) is 0 Å². The number of hydrogen-bond acceptors (Lipinski definition) is 8. The van der Waals surface area contributed by atoms with Crippen LogP contribution in [0.15, 0.2) is 35.3 Å². The first-order chi connectivity index (χ1) is 12.6. The minimum absolute atomic E-state index is 0.301. The second-order valence-corrected chi connectivity index (χ2v) is 5.82. The number of fused-ring (bicyclic) bond motifs is 2. The molecule has 3 N–H and O–H groups in total. The van der Waals surface area contributed by atoms with Gasteiger partial charge < -0.3 is 29.7 Å². The van der Waals surface area contributed by atoms with Crippen molar-refractivity contribution >= 4 is 11.5 Å². The molecule has 0 unspecified atom stereocenters. The van der Waals surface area contributed by atoms with E-state index in [4.69, 9.17) is 14.2 Å². The minimum atomic E-state index is -0.907. The number of rotatable bonds is 7. The highest BCUT2D eigenvalue weighted by Gasteiger charge is 2.27. The molecule has 1 aliphatic heterocycles. The normalized spacial score (nSPS) is 14.8. The van der Waals surface area contributed by atoms with Gasteiger partial charge in [-0.1, -0.05) is 12.1 Å². The zero-order valence-electron chi connectivity index (χ0n) is 14.5. The van der Waals surface area contributed by atoms with Gasteiger partial charge in [0.2, 0.25) is 0 Å². The lowest BCUT2D eigenvalue weighted by Crippen LogP contribution is -2.39. The van der Waals surface area contributed by atoms with E-state index in [-0.39, 0.29) is 0 Å². The van der Waals surface area contributed by atoms with E-state index in [1.54, 1.807) is 13.0 Å². The molecule has 0 radical (unpaired) electrons. The molecule has 0 fully saturated rings. The average Bonchev–Trinajstić information content (AvgIpc) is 2.66. The maximum Gasteiger partial charge on any atom is 0.351 e. The summed E-state index contributed by atoms with van der Waals surface area (Å²) in [7, 11) is 1.47. The molecule has 140 valence electrons. The number of hydrogen-bond donors (Lipinski definition) is 3. The molecule has 26 heavy (non-hydrogen) atoms. The van der Waals surface area contributed by atoms with Crippen LogP contribution in [0.3, 0.4) is 0 Å². The van der Waals surface area contributed by atoms with Gasteiger partial charge in [0.1, 0.15) is 6.10 Å². The molecule has 0 aliphatic carbocycles. The third kappa shape index (κ3) is 3.56.